The first-order valence-corrected chi connectivity index (χ1v) is 13.3. The third-order valence-electron chi connectivity index (χ3n) is 8.05. The number of anilines is 1. The second-order valence-corrected chi connectivity index (χ2v) is 11.7. The van der Waals surface area contributed by atoms with Gasteiger partial charge in [-0.25, -0.2) is 4.39 Å². The van der Waals surface area contributed by atoms with Crippen LogP contribution in [0.4, 0.5) is 10.1 Å². The number of methoxy groups -OCH3 is 1. The highest BCUT2D eigenvalue weighted by molar-refractivity contribution is 8.05. The molecule has 2 aliphatic heterocycles. The SMILES string of the molecule is COc1c2c(cc(F)c1N1CC[C@@H](C(C)(C)NCCC#N)C1)C(=O)C1=C(SC(C#N)C1=O)C2C1CC1. The topological polar surface area (TPSA) is 106 Å². The average molecular weight is 509 g/mol. The van der Waals surface area contributed by atoms with Crippen molar-refractivity contribution in [1.82, 2.24) is 5.32 Å². The highest BCUT2D eigenvalue weighted by atomic mass is 32.2. The predicted molar refractivity (Wildman–Crippen MR) is 134 cm³/mol. The van der Waals surface area contributed by atoms with Crippen LogP contribution in [0.15, 0.2) is 16.5 Å². The van der Waals surface area contributed by atoms with Crippen LogP contribution in [0.2, 0.25) is 0 Å². The third kappa shape index (κ3) is 3.90. The maximum atomic E-state index is 15.8. The minimum absolute atomic E-state index is 0.0663. The number of ketones is 2. The number of benzene rings is 1. The zero-order chi connectivity index (χ0) is 25.8. The number of allylic oxidation sites excluding steroid dienone is 2. The van der Waals surface area contributed by atoms with Gasteiger partial charge in [-0.15, -0.1) is 11.8 Å². The minimum atomic E-state index is -0.931. The maximum absolute atomic E-state index is 15.8. The molecule has 1 saturated carbocycles. The van der Waals surface area contributed by atoms with Crippen molar-refractivity contribution in [2.75, 3.05) is 31.6 Å². The Hall–Kier alpha value is -2.88. The van der Waals surface area contributed by atoms with Crippen LogP contribution in [0.1, 0.15) is 61.4 Å². The van der Waals surface area contributed by atoms with E-state index < -0.39 is 22.6 Å². The van der Waals surface area contributed by atoms with E-state index in [4.69, 9.17) is 10.00 Å². The lowest BCUT2D eigenvalue weighted by Crippen LogP contribution is -2.47. The van der Waals surface area contributed by atoms with Gasteiger partial charge in [0.1, 0.15) is 11.4 Å². The van der Waals surface area contributed by atoms with Crippen LogP contribution in [0, 0.1) is 40.3 Å². The van der Waals surface area contributed by atoms with Crippen LogP contribution in [0.25, 0.3) is 0 Å². The van der Waals surface area contributed by atoms with Gasteiger partial charge in [-0.3, -0.25) is 9.59 Å². The molecule has 2 fully saturated rings. The summed E-state index contributed by atoms with van der Waals surface area (Å²) in [5.41, 5.74) is 1.04. The third-order valence-corrected chi connectivity index (χ3v) is 9.31. The number of ether oxygens (including phenoxy) is 1. The number of nitriles is 2. The van der Waals surface area contributed by atoms with Gasteiger partial charge >= 0.3 is 0 Å². The first kappa shape index (κ1) is 24.8. The summed E-state index contributed by atoms with van der Waals surface area (Å²) in [6.45, 7) is 6.06. The first-order valence-electron chi connectivity index (χ1n) is 12.4. The molecule has 188 valence electrons. The molecule has 0 radical (unpaired) electrons. The summed E-state index contributed by atoms with van der Waals surface area (Å²) in [6, 6.07) is 5.44. The molecule has 9 heteroatoms. The molecule has 1 aromatic rings. The van der Waals surface area contributed by atoms with Gasteiger partial charge in [0.05, 0.1) is 24.8 Å². The normalized spacial score (nSPS) is 25.5. The van der Waals surface area contributed by atoms with Crippen molar-refractivity contribution >= 4 is 29.0 Å². The molecule has 2 unspecified atom stereocenters. The number of nitrogens with one attached hydrogen (secondary N) is 1. The van der Waals surface area contributed by atoms with Gasteiger partial charge in [-0.2, -0.15) is 10.5 Å². The molecule has 0 bridgehead atoms. The molecule has 3 atom stereocenters. The van der Waals surface area contributed by atoms with Crippen molar-refractivity contribution in [1.29, 1.82) is 10.5 Å². The molecule has 1 aromatic carbocycles. The number of halogens is 1. The Balaban J connectivity index is 1.54. The van der Waals surface area contributed by atoms with E-state index in [9.17, 15) is 14.9 Å². The van der Waals surface area contributed by atoms with Crippen LogP contribution in [0.5, 0.6) is 5.75 Å². The summed E-state index contributed by atoms with van der Waals surface area (Å²) in [5.74, 6) is -0.910. The van der Waals surface area contributed by atoms with E-state index in [-0.39, 0.29) is 34.4 Å². The molecule has 0 amide bonds. The molecular formula is C27H29FN4O3S. The highest BCUT2D eigenvalue weighted by Crippen LogP contribution is 2.60. The molecule has 5 rings (SSSR count). The average Bonchev–Trinajstić information content (AvgIpc) is 3.45. The summed E-state index contributed by atoms with van der Waals surface area (Å²) < 4.78 is 21.6. The zero-order valence-corrected chi connectivity index (χ0v) is 21.5. The van der Waals surface area contributed by atoms with E-state index in [2.05, 4.69) is 25.2 Å². The van der Waals surface area contributed by atoms with E-state index in [0.717, 1.165) is 19.3 Å². The quantitative estimate of drug-likeness (QED) is 0.434. The fraction of sp³-hybridized carbons (Fsp3) is 0.556. The number of carbonyl (C=O) groups is 2. The fourth-order valence-electron chi connectivity index (χ4n) is 5.94. The Kier molecular flexibility index (Phi) is 6.34. The number of fused-ring (bicyclic) bond motifs is 1. The molecule has 36 heavy (non-hydrogen) atoms. The Labute approximate surface area is 214 Å². The fourth-order valence-corrected chi connectivity index (χ4v) is 7.24. The molecule has 1 N–H and O–H groups in total. The summed E-state index contributed by atoms with van der Waals surface area (Å²) in [4.78, 5) is 28.9. The molecule has 2 aliphatic carbocycles. The number of hydrogen-bond acceptors (Lipinski definition) is 8. The number of nitrogens with zero attached hydrogens (tertiary/aromatic N) is 3. The van der Waals surface area contributed by atoms with Crippen LogP contribution in [0.3, 0.4) is 0 Å². The Bertz CT molecular complexity index is 1260. The minimum Gasteiger partial charge on any atom is -0.494 e. The Morgan fingerprint density at radius 3 is 2.67 bits per heavy atom. The molecule has 7 nitrogen and oxygen atoms in total. The molecule has 1 saturated heterocycles. The lowest BCUT2D eigenvalue weighted by molar-refractivity contribution is -0.113. The van der Waals surface area contributed by atoms with Crippen molar-refractivity contribution in [2.24, 2.45) is 11.8 Å². The number of hydrogen-bond donors (Lipinski definition) is 1. The monoisotopic (exact) mass is 508 g/mol. The lowest BCUT2D eigenvalue weighted by atomic mass is 9.78. The van der Waals surface area contributed by atoms with Gasteiger partial charge in [0.2, 0.25) is 0 Å². The standard InChI is InChI=1S/C27H29FN4O3S/c1-27(2,31-9-4-8-29)15-7-10-32(13-15)22-17(28)11-16-20(25(22)35-3)19(14-5-6-14)26-21(23(16)33)24(34)18(12-30)36-26/h11,14-15,18-19,31H,4-7,9-10,13H2,1-3H3/t15-,18?,19?/m1/s1. The van der Waals surface area contributed by atoms with E-state index in [1.165, 1.54) is 24.9 Å². The van der Waals surface area contributed by atoms with E-state index in [1.807, 2.05) is 11.0 Å². The van der Waals surface area contributed by atoms with Gasteiger partial charge in [0.15, 0.2) is 22.6 Å². The number of carbonyl (C=O) groups excluding carboxylic acids is 2. The Morgan fingerprint density at radius 1 is 1.28 bits per heavy atom. The van der Waals surface area contributed by atoms with E-state index in [1.54, 1.807) is 0 Å². The van der Waals surface area contributed by atoms with Crippen molar-refractivity contribution in [3.8, 4) is 17.9 Å². The number of thioether (sulfide) groups is 1. The van der Waals surface area contributed by atoms with Crippen molar-refractivity contribution in [3.05, 3.63) is 33.5 Å². The molecule has 4 aliphatic rings. The van der Waals surface area contributed by atoms with Gasteiger partial charge in [-0.05, 0) is 51.0 Å². The number of rotatable bonds is 7. The first-order chi connectivity index (χ1) is 17.2. The van der Waals surface area contributed by atoms with Gasteiger partial charge in [0.25, 0.3) is 0 Å². The predicted octanol–water partition coefficient (Wildman–Crippen LogP) is 4.09. The number of Topliss-reactive ketones (excluding diaryl/α,β-unsaturated/α-hetero) is 2. The molecular weight excluding hydrogens is 479 g/mol. The van der Waals surface area contributed by atoms with Gasteiger partial charge in [0, 0.05) is 53.5 Å². The Morgan fingerprint density at radius 2 is 2.03 bits per heavy atom. The van der Waals surface area contributed by atoms with E-state index >= 15 is 4.39 Å². The second-order valence-electron chi connectivity index (χ2n) is 10.6. The van der Waals surface area contributed by atoms with E-state index in [0.29, 0.717) is 48.0 Å². The highest BCUT2D eigenvalue weighted by Gasteiger charge is 2.51. The summed E-state index contributed by atoms with van der Waals surface area (Å²) in [6.07, 6.45) is 3.17. The van der Waals surface area contributed by atoms with Crippen LogP contribution < -0.4 is 15.0 Å². The largest absolute Gasteiger partial charge is 0.494 e. The molecule has 2 heterocycles. The summed E-state index contributed by atoms with van der Waals surface area (Å²) in [7, 11) is 1.50. The zero-order valence-electron chi connectivity index (χ0n) is 20.7. The van der Waals surface area contributed by atoms with Gasteiger partial charge in [-0.1, -0.05) is 0 Å². The summed E-state index contributed by atoms with van der Waals surface area (Å²) in [5, 5.41) is 20.9. The van der Waals surface area contributed by atoms with Crippen LogP contribution >= 0.6 is 11.8 Å². The smallest absolute Gasteiger partial charge is 0.198 e. The summed E-state index contributed by atoms with van der Waals surface area (Å²) >= 11 is 1.18. The maximum Gasteiger partial charge on any atom is 0.198 e. The van der Waals surface area contributed by atoms with Crippen molar-refractivity contribution in [2.45, 2.75) is 56.2 Å². The molecule has 0 aromatic heterocycles. The van der Waals surface area contributed by atoms with Crippen LogP contribution in [-0.2, 0) is 4.79 Å². The lowest BCUT2D eigenvalue weighted by Gasteiger charge is -2.34. The van der Waals surface area contributed by atoms with Gasteiger partial charge < -0.3 is 15.0 Å². The van der Waals surface area contributed by atoms with Crippen molar-refractivity contribution < 1.29 is 18.7 Å². The van der Waals surface area contributed by atoms with Crippen LogP contribution in [-0.4, -0.2) is 49.1 Å². The van der Waals surface area contributed by atoms with Crippen molar-refractivity contribution in [3.63, 3.8) is 0 Å². The second kappa shape index (κ2) is 9.21. The molecule has 0 spiro atoms.